The van der Waals surface area contributed by atoms with Crippen molar-refractivity contribution in [3.05, 3.63) is 125 Å². The van der Waals surface area contributed by atoms with Gasteiger partial charge in [-0.1, -0.05) is 85.6 Å². The summed E-state index contributed by atoms with van der Waals surface area (Å²) >= 11 is 0. The van der Waals surface area contributed by atoms with Crippen LogP contribution in [-0.2, 0) is 33.6 Å². The van der Waals surface area contributed by atoms with Crippen molar-refractivity contribution in [1.82, 2.24) is 15.5 Å². The highest BCUT2D eigenvalue weighted by molar-refractivity contribution is 5.86. The summed E-state index contributed by atoms with van der Waals surface area (Å²) in [4.78, 5) is 41.4. The maximum atomic E-state index is 14.3. The largest absolute Gasteiger partial charge is 0.489 e. The molecule has 1 heterocycles. The number of benzene rings is 4. The molecule has 2 aliphatic rings. The number of halogens is 3. The van der Waals surface area contributed by atoms with Crippen LogP contribution in [0.5, 0.6) is 5.75 Å². The van der Waals surface area contributed by atoms with Crippen molar-refractivity contribution < 1.29 is 37.4 Å². The van der Waals surface area contributed by atoms with Crippen molar-refractivity contribution in [3.8, 4) is 16.9 Å². The van der Waals surface area contributed by atoms with Crippen LogP contribution in [-0.4, -0.2) is 46.9 Å². The molecular weight excluding hydrogens is 659 g/mol. The Bertz CT molecular complexity index is 1830. The van der Waals surface area contributed by atoms with E-state index in [-0.39, 0.29) is 31.5 Å². The molecule has 2 amide bonds. The Balaban J connectivity index is 1.25. The Hall–Kier alpha value is -5.16. The number of carboxylic acids is 1. The highest BCUT2D eigenvalue weighted by Gasteiger charge is 2.36. The minimum Gasteiger partial charge on any atom is -0.489 e. The number of amides is 2. The third kappa shape index (κ3) is 9.15. The number of carbonyl (C=O) groups excluding carboxylic acids is 2. The van der Waals surface area contributed by atoms with Crippen molar-refractivity contribution in [1.29, 1.82) is 0 Å². The van der Waals surface area contributed by atoms with E-state index in [0.29, 0.717) is 35.4 Å². The van der Waals surface area contributed by atoms with E-state index in [4.69, 9.17) is 4.74 Å². The van der Waals surface area contributed by atoms with Crippen molar-refractivity contribution in [2.75, 3.05) is 13.1 Å². The molecule has 266 valence electrons. The Kier molecular flexibility index (Phi) is 11.1. The van der Waals surface area contributed by atoms with Crippen LogP contribution in [0.25, 0.3) is 11.1 Å². The highest BCUT2D eigenvalue weighted by atomic mass is 19.4. The van der Waals surface area contributed by atoms with Gasteiger partial charge in [-0.05, 0) is 76.9 Å². The van der Waals surface area contributed by atoms with Gasteiger partial charge in [-0.3, -0.25) is 19.3 Å². The molecule has 4 aromatic rings. The first-order chi connectivity index (χ1) is 24.5. The molecule has 6 rings (SSSR count). The lowest BCUT2D eigenvalue weighted by atomic mass is 9.91. The van der Waals surface area contributed by atoms with Gasteiger partial charge in [0.05, 0.1) is 24.6 Å². The molecule has 11 heteroatoms. The average Bonchev–Trinajstić information content (AvgIpc) is 3.63. The molecule has 2 atom stereocenters. The van der Waals surface area contributed by atoms with Crippen LogP contribution >= 0.6 is 0 Å². The zero-order chi connectivity index (χ0) is 36.0. The summed E-state index contributed by atoms with van der Waals surface area (Å²) in [7, 11) is 0. The SMILES string of the molecule is O=C(O)CC(NC(=O)C1c2cc(OCc3ccc(C(F)(F)F)cc3)ccc2CCN1CC(=O)NC1CCCC1)c1ccc(-c2ccccc2)cc1. The molecule has 0 aromatic heterocycles. The van der Waals surface area contributed by atoms with Crippen LogP contribution in [0, 0.1) is 0 Å². The first kappa shape index (κ1) is 35.7. The van der Waals surface area contributed by atoms with E-state index >= 15 is 0 Å². The summed E-state index contributed by atoms with van der Waals surface area (Å²) in [5.74, 6) is -1.31. The number of nitrogens with one attached hydrogen (secondary N) is 2. The first-order valence-electron chi connectivity index (χ1n) is 17.2. The van der Waals surface area contributed by atoms with Crippen molar-refractivity contribution in [2.45, 2.75) is 69.4 Å². The predicted molar refractivity (Wildman–Crippen MR) is 186 cm³/mol. The highest BCUT2D eigenvalue weighted by Crippen LogP contribution is 2.35. The van der Waals surface area contributed by atoms with Gasteiger partial charge >= 0.3 is 12.1 Å². The van der Waals surface area contributed by atoms with Crippen molar-refractivity contribution in [2.24, 2.45) is 0 Å². The standard InChI is InChI=1S/C40H40F3N3O5/c41-40(42,43)31-17-10-26(11-18-31)25-51-33-19-16-29-20-21-46(24-36(47)44-32-8-4-5-9-32)38(34(29)22-33)39(50)45-35(23-37(48)49)30-14-12-28(13-15-30)27-6-2-1-3-7-27/h1-3,6-7,10-19,22,32,35,38H,4-5,8-9,20-21,23-25H2,(H,44,47)(H,45,50)(H,48,49). The second kappa shape index (κ2) is 15.8. The Labute approximate surface area is 294 Å². The first-order valence-corrected chi connectivity index (χ1v) is 17.2. The van der Waals surface area contributed by atoms with Crippen LogP contribution in [0.3, 0.4) is 0 Å². The van der Waals surface area contributed by atoms with E-state index in [9.17, 15) is 32.7 Å². The maximum Gasteiger partial charge on any atom is 0.416 e. The number of nitrogens with zero attached hydrogens (tertiary/aromatic N) is 1. The number of carbonyl (C=O) groups is 3. The lowest BCUT2D eigenvalue weighted by Crippen LogP contribution is -2.49. The summed E-state index contributed by atoms with van der Waals surface area (Å²) in [6.07, 6.45) is -0.291. The van der Waals surface area contributed by atoms with Crippen LogP contribution < -0.4 is 15.4 Å². The molecule has 51 heavy (non-hydrogen) atoms. The summed E-state index contributed by atoms with van der Waals surface area (Å²) < 4.78 is 45.1. The Morgan fingerprint density at radius 2 is 1.57 bits per heavy atom. The third-order valence-electron chi connectivity index (χ3n) is 9.56. The molecule has 2 unspecified atom stereocenters. The molecule has 0 spiro atoms. The number of fused-ring (bicyclic) bond motifs is 1. The van der Waals surface area contributed by atoms with E-state index in [1.54, 1.807) is 17.0 Å². The zero-order valence-corrected chi connectivity index (χ0v) is 28.0. The van der Waals surface area contributed by atoms with Crippen molar-refractivity contribution in [3.63, 3.8) is 0 Å². The van der Waals surface area contributed by atoms with Gasteiger partial charge in [0.1, 0.15) is 18.4 Å². The summed E-state index contributed by atoms with van der Waals surface area (Å²) in [6, 6.07) is 25.5. The fourth-order valence-corrected chi connectivity index (χ4v) is 6.91. The number of carboxylic acid groups (broad SMARTS) is 1. The van der Waals surface area contributed by atoms with Crippen LogP contribution in [0.1, 0.15) is 72.0 Å². The molecule has 0 radical (unpaired) electrons. The van der Waals surface area contributed by atoms with Gasteiger partial charge in [0.15, 0.2) is 0 Å². The monoisotopic (exact) mass is 699 g/mol. The molecule has 8 nitrogen and oxygen atoms in total. The zero-order valence-electron chi connectivity index (χ0n) is 28.0. The van der Waals surface area contributed by atoms with Crippen molar-refractivity contribution >= 4 is 17.8 Å². The maximum absolute atomic E-state index is 14.3. The van der Waals surface area contributed by atoms with E-state index in [2.05, 4.69) is 10.6 Å². The molecule has 1 saturated carbocycles. The van der Waals surface area contributed by atoms with Gasteiger partial charge in [0.25, 0.3) is 0 Å². The fraction of sp³-hybridized carbons (Fsp3) is 0.325. The smallest absolute Gasteiger partial charge is 0.416 e. The van der Waals surface area contributed by atoms with Gasteiger partial charge in [-0.2, -0.15) is 13.2 Å². The summed E-state index contributed by atoms with van der Waals surface area (Å²) in [5.41, 5.74) is 3.86. The third-order valence-corrected chi connectivity index (χ3v) is 9.56. The van der Waals surface area contributed by atoms with E-state index < -0.39 is 35.7 Å². The number of alkyl halides is 3. The number of hydrogen-bond donors (Lipinski definition) is 3. The topological polar surface area (TPSA) is 108 Å². The van der Waals surface area contributed by atoms with Gasteiger partial charge in [-0.15, -0.1) is 0 Å². The fourth-order valence-electron chi connectivity index (χ4n) is 6.91. The quantitative estimate of drug-likeness (QED) is 0.144. The molecule has 4 aromatic carbocycles. The van der Waals surface area contributed by atoms with Gasteiger partial charge in [0, 0.05) is 12.6 Å². The van der Waals surface area contributed by atoms with E-state index in [1.165, 1.54) is 12.1 Å². The molecule has 1 aliphatic carbocycles. The normalized spacial score (nSPS) is 17.0. The summed E-state index contributed by atoms with van der Waals surface area (Å²) in [6.45, 7) is 0.394. The Morgan fingerprint density at radius 1 is 0.882 bits per heavy atom. The number of aliphatic carboxylic acids is 1. The Morgan fingerprint density at radius 3 is 2.24 bits per heavy atom. The van der Waals surface area contributed by atoms with Gasteiger partial charge < -0.3 is 20.5 Å². The van der Waals surface area contributed by atoms with Gasteiger partial charge in [-0.25, -0.2) is 0 Å². The van der Waals surface area contributed by atoms with E-state index in [1.807, 2.05) is 60.7 Å². The van der Waals surface area contributed by atoms with Crippen LogP contribution in [0.2, 0.25) is 0 Å². The number of hydrogen-bond acceptors (Lipinski definition) is 5. The minimum absolute atomic E-state index is 0.000950. The lowest BCUT2D eigenvalue weighted by Gasteiger charge is -2.37. The molecule has 1 fully saturated rings. The lowest BCUT2D eigenvalue weighted by molar-refractivity contribution is -0.139. The van der Waals surface area contributed by atoms with Crippen LogP contribution in [0.15, 0.2) is 97.1 Å². The number of ether oxygens (including phenoxy) is 1. The molecule has 0 saturated heterocycles. The minimum atomic E-state index is -4.44. The average molecular weight is 700 g/mol. The molecule has 0 bridgehead atoms. The molecular formula is C40H40F3N3O5. The van der Waals surface area contributed by atoms with Gasteiger partial charge in [0.2, 0.25) is 11.8 Å². The van der Waals surface area contributed by atoms with E-state index in [0.717, 1.165) is 54.5 Å². The molecule has 1 aliphatic heterocycles. The number of rotatable bonds is 12. The second-order valence-electron chi connectivity index (χ2n) is 13.2. The molecule has 3 N–H and O–H groups in total. The van der Waals surface area contributed by atoms with Crippen LogP contribution in [0.4, 0.5) is 13.2 Å². The predicted octanol–water partition coefficient (Wildman–Crippen LogP) is 7.24. The second-order valence-corrected chi connectivity index (χ2v) is 13.2. The summed E-state index contributed by atoms with van der Waals surface area (Å²) in [5, 5.41) is 15.9.